The van der Waals surface area contributed by atoms with E-state index in [0.29, 0.717) is 18.8 Å². The van der Waals surface area contributed by atoms with Gasteiger partial charge in [0.2, 0.25) is 0 Å². The third kappa shape index (κ3) is 3.83. The maximum absolute atomic E-state index is 10.1. The molecule has 2 rings (SSSR count). The van der Waals surface area contributed by atoms with Crippen molar-refractivity contribution in [2.75, 3.05) is 0 Å². The predicted molar refractivity (Wildman–Crippen MR) is 83.0 cm³/mol. The zero-order chi connectivity index (χ0) is 14.5. The summed E-state index contributed by atoms with van der Waals surface area (Å²) in [4.78, 5) is 0. The van der Waals surface area contributed by atoms with Crippen molar-refractivity contribution in [3.8, 4) is 0 Å². The van der Waals surface area contributed by atoms with Gasteiger partial charge in [-0.3, -0.25) is 0 Å². The molecule has 3 atom stereocenters. The van der Waals surface area contributed by atoms with E-state index in [1.807, 2.05) is 6.92 Å². The second-order valence-electron chi connectivity index (χ2n) is 6.30. The van der Waals surface area contributed by atoms with Crippen LogP contribution >= 0.6 is 0 Å². The number of rotatable bonds is 6. The zero-order valence-electron chi connectivity index (χ0n) is 12.8. The summed E-state index contributed by atoms with van der Waals surface area (Å²) in [6, 6.07) is 6.78. The van der Waals surface area contributed by atoms with Gasteiger partial charge in [-0.05, 0) is 61.1 Å². The molecular weight excluding hydrogens is 248 g/mol. The molecule has 112 valence electrons. The Morgan fingerprint density at radius 2 is 1.75 bits per heavy atom. The number of fused-ring (bicyclic) bond motifs is 1. The van der Waals surface area contributed by atoms with E-state index < -0.39 is 12.2 Å². The highest BCUT2D eigenvalue weighted by molar-refractivity contribution is 5.35. The molecule has 20 heavy (non-hydrogen) atoms. The fourth-order valence-corrected chi connectivity index (χ4v) is 3.20. The quantitative estimate of drug-likeness (QED) is 0.833. The highest BCUT2D eigenvalue weighted by Gasteiger charge is 2.20. The topological polar surface area (TPSA) is 40.5 Å². The van der Waals surface area contributed by atoms with Crippen LogP contribution in [-0.2, 0) is 12.8 Å². The van der Waals surface area contributed by atoms with Crippen LogP contribution in [0, 0.1) is 0 Å². The Morgan fingerprint density at radius 1 is 1.05 bits per heavy atom. The predicted octanol–water partition coefficient (Wildman–Crippen LogP) is 3.58. The van der Waals surface area contributed by atoms with Gasteiger partial charge >= 0.3 is 0 Å². The van der Waals surface area contributed by atoms with Gasteiger partial charge in [0.15, 0.2) is 0 Å². The van der Waals surface area contributed by atoms with Gasteiger partial charge in [0.1, 0.15) is 0 Å². The lowest BCUT2D eigenvalue weighted by molar-refractivity contribution is 0.00637. The van der Waals surface area contributed by atoms with E-state index in [4.69, 9.17) is 0 Å². The molecule has 0 saturated heterocycles. The second kappa shape index (κ2) is 7.24. The Morgan fingerprint density at radius 3 is 2.45 bits per heavy atom. The lowest BCUT2D eigenvalue weighted by Crippen LogP contribution is -2.27. The van der Waals surface area contributed by atoms with Gasteiger partial charge in [-0.25, -0.2) is 0 Å². The van der Waals surface area contributed by atoms with Crippen molar-refractivity contribution in [1.29, 1.82) is 0 Å². The maximum atomic E-state index is 10.1. The fourth-order valence-electron chi connectivity index (χ4n) is 3.20. The van der Waals surface area contributed by atoms with Gasteiger partial charge in [0.25, 0.3) is 0 Å². The van der Waals surface area contributed by atoms with Gasteiger partial charge in [0, 0.05) is 0 Å². The summed E-state index contributed by atoms with van der Waals surface area (Å²) in [6.07, 6.45) is 6.04. The maximum Gasteiger partial charge on any atom is 0.0804 e. The monoisotopic (exact) mass is 276 g/mol. The minimum absolute atomic E-state index is 0.295. The molecule has 1 aromatic rings. The van der Waals surface area contributed by atoms with Crippen molar-refractivity contribution in [3.05, 3.63) is 34.9 Å². The minimum atomic E-state index is -0.610. The van der Waals surface area contributed by atoms with Gasteiger partial charge < -0.3 is 10.2 Å². The molecule has 0 fully saturated rings. The Hall–Kier alpha value is -0.860. The summed E-state index contributed by atoms with van der Waals surface area (Å²) in [5, 5.41) is 19.9. The molecule has 2 N–H and O–H groups in total. The number of hydrogen-bond donors (Lipinski definition) is 2. The summed E-state index contributed by atoms with van der Waals surface area (Å²) >= 11 is 0. The normalized spacial score (nSPS) is 19.2. The summed E-state index contributed by atoms with van der Waals surface area (Å²) in [5.74, 6) is 0.295. The average molecular weight is 276 g/mol. The van der Waals surface area contributed by atoms with Crippen molar-refractivity contribution < 1.29 is 10.2 Å². The Balaban J connectivity index is 2.00. The van der Waals surface area contributed by atoms with Crippen LogP contribution in [0.15, 0.2) is 18.2 Å². The van der Waals surface area contributed by atoms with Crippen LogP contribution in [0.3, 0.4) is 0 Å². The van der Waals surface area contributed by atoms with Crippen LogP contribution < -0.4 is 0 Å². The van der Waals surface area contributed by atoms with E-state index in [-0.39, 0.29) is 0 Å². The van der Waals surface area contributed by atoms with Crippen molar-refractivity contribution >= 4 is 0 Å². The summed E-state index contributed by atoms with van der Waals surface area (Å²) in [6.45, 7) is 4.18. The molecule has 0 aromatic heterocycles. The van der Waals surface area contributed by atoms with E-state index in [2.05, 4.69) is 25.1 Å². The van der Waals surface area contributed by atoms with Gasteiger partial charge in [-0.15, -0.1) is 0 Å². The highest BCUT2D eigenvalue weighted by Crippen LogP contribution is 2.28. The number of hydrogen-bond acceptors (Lipinski definition) is 2. The molecule has 0 heterocycles. The van der Waals surface area contributed by atoms with Crippen LogP contribution in [0.2, 0.25) is 0 Å². The molecule has 1 aliphatic carbocycles. The Labute approximate surface area is 122 Å². The first-order chi connectivity index (χ1) is 9.61. The fraction of sp³-hybridized carbons (Fsp3) is 0.667. The van der Waals surface area contributed by atoms with Gasteiger partial charge in [-0.1, -0.05) is 38.5 Å². The standard InChI is InChI=1S/C18H28O2/c1-3-6-17(19)18(20)11-13(2)15-10-9-14-7-4-5-8-16(14)12-15/h9-10,12-13,17-20H,3-8,11H2,1-2H3. The van der Waals surface area contributed by atoms with Crippen molar-refractivity contribution in [1.82, 2.24) is 0 Å². The molecule has 3 unspecified atom stereocenters. The second-order valence-corrected chi connectivity index (χ2v) is 6.30. The van der Waals surface area contributed by atoms with E-state index in [1.54, 1.807) is 0 Å². The third-order valence-corrected chi connectivity index (χ3v) is 4.57. The molecule has 0 amide bonds. The summed E-state index contributed by atoms with van der Waals surface area (Å²) < 4.78 is 0. The largest absolute Gasteiger partial charge is 0.390 e. The lowest BCUT2D eigenvalue weighted by atomic mass is 9.86. The first-order valence-electron chi connectivity index (χ1n) is 8.09. The van der Waals surface area contributed by atoms with Crippen molar-refractivity contribution in [2.24, 2.45) is 0 Å². The highest BCUT2D eigenvalue weighted by atomic mass is 16.3. The van der Waals surface area contributed by atoms with E-state index in [1.165, 1.54) is 42.4 Å². The summed E-state index contributed by atoms with van der Waals surface area (Å²) in [7, 11) is 0. The van der Waals surface area contributed by atoms with Gasteiger partial charge in [0.05, 0.1) is 12.2 Å². The molecule has 0 saturated carbocycles. The van der Waals surface area contributed by atoms with Crippen LogP contribution in [0.5, 0.6) is 0 Å². The van der Waals surface area contributed by atoms with Crippen LogP contribution in [0.4, 0.5) is 0 Å². The van der Waals surface area contributed by atoms with Crippen LogP contribution in [0.1, 0.15) is 68.6 Å². The molecule has 0 spiro atoms. The minimum Gasteiger partial charge on any atom is -0.390 e. The zero-order valence-corrected chi connectivity index (χ0v) is 12.8. The molecule has 0 radical (unpaired) electrons. The molecule has 2 nitrogen and oxygen atoms in total. The SMILES string of the molecule is CCCC(O)C(O)CC(C)c1ccc2c(c1)CCCC2. The van der Waals surface area contributed by atoms with E-state index in [0.717, 1.165) is 6.42 Å². The smallest absolute Gasteiger partial charge is 0.0804 e. The molecule has 0 bridgehead atoms. The molecular formula is C18H28O2. The Kier molecular flexibility index (Phi) is 5.62. The summed E-state index contributed by atoms with van der Waals surface area (Å²) in [5.41, 5.74) is 4.29. The molecule has 1 aliphatic rings. The van der Waals surface area contributed by atoms with E-state index >= 15 is 0 Å². The van der Waals surface area contributed by atoms with Gasteiger partial charge in [-0.2, -0.15) is 0 Å². The number of benzene rings is 1. The average Bonchev–Trinajstić information content (AvgIpc) is 2.46. The Bertz CT molecular complexity index is 427. The number of aliphatic hydroxyl groups is 2. The van der Waals surface area contributed by atoms with Crippen molar-refractivity contribution in [3.63, 3.8) is 0 Å². The van der Waals surface area contributed by atoms with E-state index in [9.17, 15) is 10.2 Å². The number of aryl methyl sites for hydroxylation is 2. The molecule has 1 aromatic carbocycles. The molecule has 0 aliphatic heterocycles. The number of aliphatic hydroxyl groups excluding tert-OH is 2. The van der Waals surface area contributed by atoms with Crippen molar-refractivity contribution in [2.45, 2.75) is 76.9 Å². The van der Waals surface area contributed by atoms with Crippen LogP contribution in [-0.4, -0.2) is 22.4 Å². The third-order valence-electron chi connectivity index (χ3n) is 4.57. The first kappa shape index (κ1) is 15.5. The first-order valence-corrected chi connectivity index (χ1v) is 8.09. The lowest BCUT2D eigenvalue weighted by Gasteiger charge is -2.23. The molecule has 2 heteroatoms. The van der Waals surface area contributed by atoms with Crippen LogP contribution in [0.25, 0.3) is 0 Å².